The molecule has 2 N–H and O–H groups in total. The van der Waals surface area contributed by atoms with Crippen molar-refractivity contribution in [2.24, 2.45) is 0 Å². The van der Waals surface area contributed by atoms with Crippen molar-refractivity contribution in [3.05, 3.63) is 71.8 Å². The van der Waals surface area contributed by atoms with Crippen LogP contribution in [0.2, 0.25) is 0 Å². The van der Waals surface area contributed by atoms with Crippen molar-refractivity contribution < 1.29 is 9.59 Å². The third kappa shape index (κ3) is 5.18. The Balaban J connectivity index is 1.46. The normalized spacial score (nSPS) is 17.5. The fraction of sp³-hybridized carbons (Fsp3) is 0.364. The predicted octanol–water partition coefficient (Wildman–Crippen LogP) is 2.16. The van der Waals surface area contributed by atoms with E-state index in [0.29, 0.717) is 11.1 Å². The first kappa shape index (κ1) is 20.0. The van der Waals surface area contributed by atoms with Crippen molar-refractivity contribution in [2.75, 3.05) is 26.2 Å². The van der Waals surface area contributed by atoms with Gasteiger partial charge in [0.1, 0.15) is 0 Å². The van der Waals surface area contributed by atoms with Gasteiger partial charge >= 0.3 is 0 Å². The first-order valence-electron chi connectivity index (χ1n) is 9.74. The molecule has 1 saturated heterocycles. The van der Waals surface area contributed by atoms with Gasteiger partial charge in [0.05, 0.1) is 12.3 Å². The second-order valence-electron chi connectivity index (χ2n) is 7.10. The van der Waals surface area contributed by atoms with Crippen LogP contribution in [0.5, 0.6) is 0 Å². The van der Waals surface area contributed by atoms with Crippen LogP contribution in [0.25, 0.3) is 0 Å². The Kier molecular flexibility index (Phi) is 6.79. The van der Waals surface area contributed by atoms with Crippen LogP contribution >= 0.6 is 0 Å². The third-order valence-corrected chi connectivity index (χ3v) is 5.20. The van der Waals surface area contributed by atoms with Gasteiger partial charge in [-0.3, -0.25) is 19.4 Å². The van der Waals surface area contributed by atoms with Crippen LogP contribution in [0, 0.1) is 0 Å². The molecular formula is C22H28N4O2. The summed E-state index contributed by atoms with van der Waals surface area (Å²) in [6.45, 7) is 7.36. The maximum atomic E-state index is 12.3. The Hall–Kier alpha value is -2.70. The van der Waals surface area contributed by atoms with E-state index in [-0.39, 0.29) is 24.1 Å². The lowest BCUT2D eigenvalue weighted by atomic mass is 10.2. The third-order valence-electron chi connectivity index (χ3n) is 5.20. The Morgan fingerprint density at radius 2 is 1.00 bits per heavy atom. The summed E-state index contributed by atoms with van der Waals surface area (Å²) in [7, 11) is 0. The highest BCUT2D eigenvalue weighted by molar-refractivity contribution is 5.94. The van der Waals surface area contributed by atoms with E-state index in [2.05, 4.69) is 20.4 Å². The summed E-state index contributed by atoms with van der Waals surface area (Å²) in [4.78, 5) is 29.2. The number of benzene rings is 2. The van der Waals surface area contributed by atoms with Crippen molar-refractivity contribution >= 4 is 11.8 Å². The van der Waals surface area contributed by atoms with E-state index >= 15 is 0 Å². The fourth-order valence-electron chi connectivity index (χ4n) is 3.42. The smallest absolute Gasteiger partial charge is 0.252 e. The molecule has 28 heavy (non-hydrogen) atoms. The van der Waals surface area contributed by atoms with Crippen LogP contribution in [-0.2, 0) is 0 Å². The lowest BCUT2D eigenvalue weighted by molar-refractivity contribution is 0.0503. The van der Waals surface area contributed by atoms with Gasteiger partial charge in [-0.1, -0.05) is 36.4 Å². The highest BCUT2D eigenvalue weighted by Crippen LogP contribution is 2.09. The number of nitrogens with one attached hydrogen (secondary N) is 2. The quantitative estimate of drug-likeness (QED) is 0.806. The molecule has 3 rings (SSSR count). The SMILES string of the molecule is CC(NC(=O)c1ccccc1)N1CCN(C(C)NC(=O)c2ccccc2)CC1. The maximum Gasteiger partial charge on any atom is 0.252 e. The zero-order chi connectivity index (χ0) is 19.9. The van der Waals surface area contributed by atoms with E-state index in [1.807, 2.05) is 74.5 Å². The molecule has 0 radical (unpaired) electrons. The monoisotopic (exact) mass is 380 g/mol. The summed E-state index contributed by atoms with van der Waals surface area (Å²) < 4.78 is 0. The molecule has 2 atom stereocenters. The number of carbonyl (C=O) groups excluding carboxylic acids is 2. The number of nitrogens with zero attached hydrogens (tertiary/aromatic N) is 2. The van der Waals surface area contributed by atoms with Crippen LogP contribution in [0.3, 0.4) is 0 Å². The second-order valence-corrected chi connectivity index (χ2v) is 7.10. The average Bonchev–Trinajstić information content (AvgIpc) is 2.75. The molecule has 2 amide bonds. The average molecular weight is 380 g/mol. The zero-order valence-corrected chi connectivity index (χ0v) is 16.5. The van der Waals surface area contributed by atoms with Gasteiger partial charge in [0.25, 0.3) is 11.8 Å². The Bertz CT molecular complexity index is 706. The van der Waals surface area contributed by atoms with Gasteiger partial charge in [-0.15, -0.1) is 0 Å². The van der Waals surface area contributed by atoms with Crippen LogP contribution in [0.4, 0.5) is 0 Å². The zero-order valence-electron chi connectivity index (χ0n) is 16.5. The minimum atomic E-state index is -0.0565. The van der Waals surface area contributed by atoms with Crippen LogP contribution < -0.4 is 10.6 Å². The molecule has 0 aliphatic carbocycles. The Morgan fingerprint density at radius 3 is 1.32 bits per heavy atom. The van der Waals surface area contributed by atoms with E-state index in [0.717, 1.165) is 26.2 Å². The molecular weight excluding hydrogens is 352 g/mol. The number of carbonyl (C=O) groups is 2. The highest BCUT2D eigenvalue weighted by Gasteiger charge is 2.25. The second kappa shape index (κ2) is 9.48. The molecule has 1 aliphatic rings. The van der Waals surface area contributed by atoms with E-state index in [4.69, 9.17) is 0 Å². The number of piperazine rings is 1. The van der Waals surface area contributed by atoms with E-state index < -0.39 is 0 Å². The number of hydrogen-bond acceptors (Lipinski definition) is 4. The number of rotatable bonds is 6. The van der Waals surface area contributed by atoms with Crippen molar-refractivity contribution in [1.82, 2.24) is 20.4 Å². The molecule has 0 aromatic heterocycles. The first-order valence-corrected chi connectivity index (χ1v) is 9.74. The Labute approximate surface area is 166 Å². The van der Waals surface area contributed by atoms with Crippen molar-refractivity contribution in [2.45, 2.75) is 26.2 Å². The van der Waals surface area contributed by atoms with Crippen LogP contribution in [0.15, 0.2) is 60.7 Å². The maximum absolute atomic E-state index is 12.3. The molecule has 1 aliphatic heterocycles. The molecule has 6 heteroatoms. The molecule has 1 fully saturated rings. The summed E-state index contributed by atoms with van der Waals surface area (Å²) in [6, 6.07) is 18.5. The molecule has 1 heterocycles. The van der Waals surface area contributed by atoms with Gasteiger partial charge in [0, 0.05) is 37.3 Å². The summed E-state index contributed by atoms with van der Waals surface area (Å²) in [5.41, 5.74) is 1.34. The van der Waals surface area contributed by atoms with Crippen LogP contribution in [0.1, 0.15) is 34.6 Å². The van der Waals surface area contributed by atoms with E-state index in [1.165, 1.54) is 0 Å². The van der Waals surface area contributed by atoms with Crippen molar-refractivity contribution in [1.29, 1.82) is 0 Å². The van der Waals surface area contributed by atoms with E-state index in [1.54, 1.807) is 0 Å². The van der Waals surface area contributed by atoms with E-state index in [9.17, 15) is 9.59 Å². The summed E-state index contributed by atoms with van der Waals surface area (Å²) >= 11 is 0. The number of amides is 2. The molecule has 148 valence electrons. The van der Waals surface area contributed by atoms with Gasteiger partial charge in [0.2, 0.25) is 0 Å². The van der Waals surface area contributed by atoms with Gasteiger partial charge in [0.15, 0.2) is 0 Å². The largest absolute Gasteiger partial charge is 0.337 e. The molecule has 0 spiro atoms. The summed E-state index contributed by atoms with van der Waals surface area (Å²) in [5, 5.41) is 6.12. The molecule has 2 aromatic carbocycles. The van der Waals surface area contributed by atoms with Gasteiger partial charge < -0.3 is 10.6 Å². The minimum absolute atomic E-state index is 0.0379. The lowest BCUT2D eigenvalue weighted by Crippen LogP contribution is -2.58. The number of hydrogen-bond donors (Lipinski definition) is 2. The highest BCUT2D eigenvalue weighted by atomic mass is 16.2. The Morgan fingerprint density at radius 1 is 0.679 bits per heavy atom. The predicted molar refractivity (Wildman–Crippen MR) is 110 cm³/mol. The lowest BCUT2D eigenvalue weighted by Gasteiger charge is -2.40. The molecule has 0 saturated carbocycles. The summed E-state index contributed by atoms with van der Waals surface area (Å²) in [6.07, 6.45) is -0.0758. The molecule has 2 aromatic rings. The fourth-order valence-corrected chi connectivity index (χ4v) is 3.42. The van der Waals surface area contributed by atoms with Crippen molar-refractivity contribution in [3.63, 3.8) is 0 Å². The first-order chi connectivity index (χ1) is 13.5. The minimum Gasteiger partial charge on any atom is -0.337 e. The van der Waals surface area contributed by atoms with Gasteiger partial charge in [-0.25, -0.2) is 0 Å². The topological polar surface area (TPSA) is 64.7 Å². The van der Waals surface area contributed by atoms with Crippen LogP contribution in [-0.4, -0.2) is 60.1 Å². The van der Waals surface area contributed by atoms with Gasteiger partial charge in [-0.05, 0) is 38.1 Å². The summed E-state index contributed by atoms with van der Waals surface area (Å²) in [5.74, 6) is -0.113. The van der Waals surface area contributed by atoms with Gasteiger partial charge in [-0.2, -0.15) is 0 Å². The molecule has 0 bridgehead atoms. The van der Waals surface area contributed by atoms with Crippen molar-refractivity contribution in [3.8, 4) is 0 Å². The standard InChI is InChI=1S/C22H28N4O2/c1-17(23-21(27)19-9-5-3-6-10-19)25-13-15-26(16-14-25)18(2)24-22(28)20-11-7-4-8-12-20/h3-12,17-18H,13-16H2,1-2H3,(H,23,27)(H,24,28). The molecule has 6 nitrogen and oxygen atoms in total. The molecule has 2 unspecified atom stereocenters.